The van der Waals surface area contributed by atoms with Crippen molar-refractivity contribution in [2.75, 3.05) is 19.8 Å². The molecule has 5 heteroatoms. The minimum Gasteiger partial charge on any atom is -0.472 e. The average Bonchev–Trinajstić information content (AvgIpc) is 3.09. The molecular formula is C17H25N3O2. The number of aromatic nitrogens is 2. The minimum atomic E-state index is 0.377. The van der Waals surface area contributed by atoms with Gasteiger partial charge in [-0.1, -0.05) is 13.8 Å². The van der Waals surface area contributed by atoms with Gasteiger partial charge in [-0.3, -0.25) is 4.90 Å². The van der Waals surface area contributed by atoms with Gasteiger partial charge in [0.1, 0.15) is 0 Å². The van der Waals surface area contributed by atoms with Crippen molar-refractivity contribution >= 4 is 0 Å². The summed E-state index contributed by atoms with van der Waals surface area (Å²) in [5.41, 5.74) is 3.71. The first-order valence-electron chi connectivity index (χ1n) is 7.94. The number of nitrogens with zero attached hydrogens (tertiary/aromatic N) is 3. The first-order valence-corrected chi connectivity index (χ1v) is 7.94. The van der Waals surface area contributed by atoms with Crippen molar-refractivity contribution in [1.82, 2.24) is 14.5 Å². The third-order valence-electron chi connectivity index (χ3n) is 4.06. The van der Waals surface area contributed by atoms with Gasteiger partial charge in [0, 0.05) is 50.5 Å². The molecule has 1 aliphatic heterocycles. The van der Waals surface area contributed by atoms with E-state index in [2.05, 4.69) is 35.3 Å². The Morgan fingerprint density at radius 2 is 2.32 bits per heavy atom. The number of hydrogen-bond donors (Lipinski definition) is 0. The third-order valence-corrected chi connectivity index (χ3v) is 4.06. The molecule has 0 fully saturated rings. The van der Waals surface area contributed by atoms with Crippen LogP contribution >= 0.6 is 0 Å². The van der Waals surface area contributed by atoms with E-state index in [0.717, 1.165) is 32.8 Å². The first-order chi connectivity index (χ1) is 10.6. The van der Waals surface area contributed by atoms with Gasteiger partial charge < -0.3 is 13.7 Å². The number of furan rings is 1. The Morgan fingerprint density at radius 1 is 1.45 bits per heavy atom. The Bertz CT molecular complexity index is 589. The monoisotopic (exact) mass is 303 g/mol. The summed E-state index contributed by atoms with van der Waals surface area (Å²) in [4.78, 5) is 6.99. The molecule has 0 N–H and O–H groups in total. The molecule has 0 saturated heterocycles. The second-order valence-corrected chi connectivity index (χ2v) is 6.62. The fourth-order valence-electron chi connectivity index (χ4n) is 3.15. The molecular weight excluding hydrogens is 278 g/mol. The predicted molar refractivity (Wildman–Crippen MR) is 84.4 cm³/mol. The van der Waals surface area contributed by atoms with Gasteiger partial charge in [-0.25, -0.2) is 4.98 Å². The van der Waals surface area contributed by atoms with Gasteiger partial charge in [0.2, 0.25) is 0 Å². The zero-order valence-corrected chi connectivity index (χ0v) is 13.7. The fraction of sp³-hybridized carbons (Fsp3) is 0.588. The molecule has 3 rings (SSSR count). The maximum atomic E-state index is 5.91. The molecule has 0 spiro atoms. The molecule has 0 saturated carbocycles. The van der Waals surface area contributed by atoms with Gasteiger partial charge in [0.15, 0.2) is 0 Å². The number of rotatable bonds is 6. The van der Waals surface area contributed by atoms with Gasteiger partial charge in [-0.05, 0) is 12.0 Å². The van der Waals surface area contributed by atoms with E-state index in [4.69, 9.17) is 9.15 Å². The van der Waals surface area contributed by atoms with Crippen molar-refractivity contribution in [3.05, 3.63) is 41.9 Å². The van der Waals surface area contributed by atoms with Crippen LogP contribution in [0.1, 0.15) is 36.7 Å². The average molecular weight is 303 g/mol. The number of fused-ring (bicyclic) bond motifs is 1. The van der Waals surface area contributed by atoms with Crippen molar-refractivity contribution < 1.29 is 9.15 Å². The zero-order valence-electron chi connectivity index (χ0n) is 13.7. The van der Waals surface area contributed by atoms with Crippen LogP contribution in [0.5, 0.6) is 0 Å². The Hall–Kier alpha value is -1.59. The molecule has 0 radical (unpaired) electrons. The largest absolute Gasteiger partial charge is 0.472 e. The number of aryl methyl sites for hydroxylation is 1. The highest BCUT2D eigenvalue weighted by Gasteiger charge is 2.29. The van der Waals surface area contributed by atoms with E-state index in [-0.39, 0.29) is 0 Å². The van der Waals surface area contributed by atoms with E-state index in [0.29, 0.717) is 11.8 Å². The van der Waals surface area contributed by atoms with E-state index < -0.39 is 0 Å². The molecule has 120 valence electrons. The zero-order chi connectivity index (χ0) is 15.5. The standard InChI is InChI=1S/C17H25N3O2/c1-13(2)9-22-11-15-7-20(6-14-4-5-21-10-14)8-16-17(15)19(3)12-18-16/h4-5,10,12-13,15H,6-9,11H2,1-3H3/t15-/m0/s1. The van der Waals surface area contributed by atoms with Crippen molar-refractivity contribution in [3.63, 3.8) is 0 Å². The molecule has 2 aromatic heterocycles. The molecule has 2 aromatic rings. The Balaban J connectivity index is 1.70. The summed E-state index contributed by atoms with van der Waals surface area (Å²) in [5.74, 6) is 0.943. The lowest BCUT2D eigenvalue weighted by Gasteiger charge is -2.32. The van der Waals surface area contributed by atoms with Crippen LogP contribution in [0.15, 0.2) is 29.3 Å². The number of ether oxygens (including phenoxy) is 1. The Labute approximate surface area is 131 Å². The molecule has 0 aliphatic carbocycles. The van der Waals surface area contributed by atoms with E-state index >= 15 is 0 Å². The summed E-state index contributed by atoms with van der Waals surface area (Å²) in [6.07, 6.45) is 5.47. The molecule has 5 nitrogen and oxygen atoms in total. The van der Waals surface area contributed by atoms with Crippen molar-refractivity contribution in [2.24, 2.45) is 13.0 Å². The number of hydrogen-bond acceptors (Lipinski definition) is 4. The predicted octanol–water partition coefficient (Wildman–Crippen LogP) is 2.79. The van der Waals surface area contributed by atoms with E-state index in [1.165, 1.54) is 17.0 Å². The smallest absolute Gasteiger partial charge is 0.0949 e. The minimum absolute atomic E-state index is 0.377. The Kier molecular flexibility index (Phi) is 4.64. The highest BCUT2D eigenvalue weighted by atomic mass is 16.5. The summed E-state index contributed by atoms with van der Waals surface area (Å²) >= 11 is 0. The second-order valence-electron chi connectivity index (χ2n) is 6.62. The quantitative estimate of drug-likeness (QED) is 0.823. The summed E-state index contributed by atoms with van der Waals surface area (Å²) in [6.45, 7) is 8.71. The van der Waals surface area contributed by atoms with Gasteiger partial charge in [-0.2, -0.15) is 0 Å². The van der Waals surface area contributed by atoms with Crippen LogP contribution in [-0.2, 0) is 24.9 Å². The molecule has 0 bridgehead atoms. The van der Waals surface area contributed by atoms with Crippen LogP contribution in [0.4, 0.5) is 0 Å². The van der Waals surface area contributed by atoms with Crippen LogP contribution in [0.3, 0.4) is 0 Å². The van der Waals surface area contributed by atoms with E-state index in [1.54, 1.807) is 6.26 Å². The van der Waals surface area contributed by atoms with Crippen LogP contribution < -0.4 is 0 Å². The van der Waals surface area contributed by atoms with Crippen molar-refractivity contribution in [2.45, 2.75) is 32.9 Å². The van der Waals surface area contributed by atoms with Gasteiger partial charge >= 0.3 is 0 Å². The topological polar surface area (TPSA) is 43.4 Å². The SMILES string of the molecule is CC(C)COC[C@@H]1CN(Cc2ccoc2)Cc2ncn(C)c21. The summed E-state index contributed by atoms with van der Waals surface area (Å²) < 4.78 is 13.2. The van der Waals surface area contributed by atoms with Crippen LogP contribution in [0.25, 0.3) is 0 Å². The molecule has 0 unspecified atom stereocenters. The molecule has 1 aliphatic rings. The van der Waals surface area contributed by atoms with Gasteiger partial charge in [0.25, 0.3) is 0 Å². The lowest BCUT2D eigenvalue weighted by molar-refractivity contribution is 0.0768. The number of imidazole rings is 1. The third kappa shape index (κ3) is 3.42. The fourth-order valence-corrected chi connectivity index (χ4v) is 3.15. The van der Waals surface area contributed by atoms with Gasteiger partial charge in [0.05, 0.1) is 31.2 Å². The maximum absolute atomic E-state index is 5.91. The van der Waals surface area contributed by atoms with Crippen molar-refractivity contribution in [1.29, 1.82) is 0 Å². The summed E-state index contributed by atoms with van der Waals surface area (Å²) in [5, 5.41) is 0. The summed E-state index contributed by atoms with van der Waals surface area (Å²) in [6, 6.07) is 2.03. The lowest BCUT2D eigenvalue weighted by atomic mass is 9.98. The maximum Gasteiger partial charge on any atom is 0.0949 e. The highest BCUT2D eigenvalue weighted by Crippen LogP contribution is 2.28. The summed E-state index contributed by atoms with van der Waals surface area (Å²) in [7, 11) is 2.08. The molecule has 0 aromatic carbocycles. The molecule has 1 atom stereocenters. The lowest BCUT2D eigenvalue weighted by Crippen LogP contribution is -2.36. The highest BCUT2D eigenvalue weighted by molar-refractivity contribution is 5.22. The van der Waals surface area contributed by atoms with Crippen LogP contribution in [0.2, 0.25) is 0 Å². The molecule has 3 heterocycles. The second kappa shape index (κ2) is 6.67. The van der Waals surface area contributed by atoms with Gasteiger partial charge in [-0.15, -0.1) is 0 Å². The van der Waals surface area contributed by atoms with Crippen LogP contribution in [0, 0.1) is 5.92 Å². The van der Waals surface area contributed by atoms with E-state index in [1.807, 2.05) is 18.7 Å². The Morgan fingerprint density at radius 3 is 3.05 bits per heavy atom. The van der Waals surface area contributed by atoms with Crippen LogP contribution in [-0.4, -0.2) is 34.2 Å². The normalized spacial score (nSPS) is 18.8. The first kappa shape index (κ1) is 15.3. The molecule has 0 amide bonds. The molecule has 22 heavy (non-hydrogen) atoms. The van der Waals surface area contributed by atoms with Crippen molar-refractivity contribution in [3.8, 4) is 0 Å². The van der Waals surface area contributed by atoms with E-state index in [9.17, 15) is 0 Å².